The Morgan fingerprint density at radius 3 is 2.68 bits per heavy atom. The van der Waals surface area contributed by atoms with E-state index in [1.54, 1.807) is 12.1 Å². The molecule has 1 heterocycles. The lowest BCUT2D eigenvalue weighted by atomic mass is 10.0. The molecule has 0 bridgehead atoms. The van der Waals surface area contributed by atoms with E-state index in [1.165, 1.54) is 36.1 Å². The zero-order valence-corrected chi connectivity index (χ0v) is 16.1. The third kappa shape index (κ3) is 3.52. The van der Waals surface area contributed by atoms with E-state index in [0.29, 0.717) is 11.6 Å². The van der Waals surface area contributed by atoms with Crippen LogP contribution in [0.25, 0.3) is 0 Å². The van der Waals surface area contributed by atoms with Crippen molar-refractivity contribution in [3.05, 3.63) is 75.3 Å². The van der Waals surface area contributed by atoms with Gasteiger partial charge in [-0.1, -0.05) is 36.4 Å². The first-order valence-corrected chi connectivity index (χ1v) is 9.85. The van der Waals surface area contributed by atoms with Crippen molar-refractivity contribution >= 4 is 11.6 Å². The normalized spacial score (nSPS) is 21.5. The van der Waals surface area contributed by atoms with Crippen LogP contribution in [0.4, 0.5) is 5.69 Å². The number of hydrogen-bond donors (Lipinski definition) is 0. The largest absolute Gasteiger partial charge is 0.337 e. The number of likely N-dealkylation sites (N-methyl/N-ethyl adjacent to an activating group) is 1. The van der Waals surface area contributed by atoms with E-state index in [1.807, 2.05) is 18.0 Å². The minimum absolute atomic E-state index is 0.00796. The Kier molecular flexibility index (Phi) is 5.13. The smallest absolute Gasteiger partial charge is 0.269 e. The molecule has 0 radical (unpaired) electrons. The summed E-state index contributed by atoms with van der Waals surface area (Å²) >= 11 is 0. The molecule has 1 fully saturated rings. The lowest BCUT2D eigenvalue weighted by Gasteiger charge is -2.35. The Labute approximate surface area is 164 Å². The molecule has 0 N–H and O–H groups in total. The number of nitro groups is 1. The maximum absolute atomic E-state index is 13.1. The van der Waals surface area contributed by atoms with E-state index < -0.39 is 4.92 Å². The first-order valence-electron chi connectivity index (χ1n) is 9.85. The molecule has 0 unspecified atom stereocenters. The number of nitro benzene ring substituents is 1. The van der Waals surface area contributed by atoms with Crippen molar-refractivity contribution in [2.45, 2.75) is 37.8 Å². The van der Waals surface area contributed by atoms with Crippen molar-refractivity contribution in [1.82, 2.24) is 9.80 Å². The van der Waals surface area contributed by atoms with Crippen molar-refractivity contribution in [1.29, 1.82) is 0 Å². The zero-order valence-electron chi connectivity index (χ0n) is 16.1. The first kappa shape index (κ1) is 18.6. The van der Waals surface area contributed by atoms with Gasteiger partial charge in [0.05, 0.1) is 17.4 Å². The predicted octanol–water partition coefficient (Wildman–Crippen LogP) is 3.36. The van der Waals surface area contributed by atoms with Gasteiger partial charge in [0.25, 0.3) is 5.69 Å². The van der Waals surface area contributed by atoms with Crippen LogP contribution in [0.1, 0.15) is 35.6 Å². The van der Waals surface area contributed by atoms with E-state index in [-0.39, 0.29) is 24.1 Å². The van der Waals surface area contributed by atoms with E-state index in [9.17, 15) is 14.9 Å². The number of fused-ring (bicyclic) bond motifs is 1. The topological polar surface area (TPSA) is 66.7 Å². The molecule has 4 rings (SSSR count). The average molecular weight is 379 g/mol. The molecule has 0 saturated carbocycles. The maximum atomic E-state index is 13.1. The fraction of sp³-hybridized carbons (Fsp3) is 0.409. The van der Waals surface area contributed by atoms with E-state index in [4.69, 9.17) is 0 Å². The van der Waals surface area contributed by atoms with Crippen molar-refractivity contribution in [3.8, 4) is 0 Å². The van der Waals surface area contributed by atoms with Gasteiger partial charge in [-0.3, -0.25) is 19.8 Å². The second-order valence-corrected chi connectivity index (χ2v) is 7.77. The molecule has 0 aromatic heterocycles. The Hall–Kier alpha value is -2.73. The lowest BCUT2D eigenvalue weighted by Crippen LogP contribution is -2.44. The molecule has 146 valence electrons. The standard InChI is InChI=1S/C22H25N3O3/c1-23(21(26)14-16-7-6-9-18(13-16)25(27)28)22-19-10-3-2-8-17(19)15-20(22)24-11-4-5-12-24/h2-3,6-10,13,20,22H,4-5,11-12,14-15H2,1H3/t20-,22-/m0/s1. The molecule has 1 aliphatic heterocycles. The summed E-state index contributed by atoms with van der Waals surface area (Å²) in [4.78, 5) is 28.1. The van der Waals surface area contributed by atoms with Crippen molar-refractivity contribution in [2.24, 2.45) is 0 Å². The molecule has 28 heavy (non-hydrogen) atoms. The van der Waals surface area contributed by atoms with Gasteiger partial charge in [0.2, 0.25) is 5.91 Å². The minimum atomic E-state index is -0.422. The fourth-order valence-corrected chi connectivity index (χ4v) is 4.66. The molecular formula is C22H25N3O3. The molecule has 2 aromatic rings. The lowest BCUT2D eigenvalue weighted by molar-refractivity contribution is -0.384. The first-order chi connectivity index (χ1) is 13.5. The van der Waals surface area contributed by atoms with Gasteiger partial charge in [0.1, 0.15) is 0 Å². The van der Waals surface area contributed by atoms with E-state index in [0.717, 1.165) is 19.5 Å². The Bertz CT molecular complexity index is 892. The average Bonchev–Trinajstić information content (AvgIpc) is 3.35. The van der Waals surface area contributed by atoms with Crippen LogP contribution in [0.3, 0.4) is 0 Å². The molecule has 6 nitrogen and oxygen atoms in total. The number of benzene rings is 2. The summed E-state index contributed by atoms with van der Waals surface area (Å²) in [7, 11) is 1.87. The highest BCUT2D eigenvalue weighted by Crippen LogP contribution is 2.39. The molecule has 0 spiro atoms. The van der Waals surface area contributed by atoms with Gasteiger partial charge in [0, 0.05) is 25.2 Å². The Morgan fingerprint density at radius 2 is 1.93 bits per heavy atom. The summed E-state index contributed by atoms with van der Waals surface area (Å²) in [6.07, 6.45) is 3.56. The highest BCUT2D eigenvalue weighted by molar-refractivity contribution is 5.79. The predicted molar refractivity (Wildman–Crippen MR) is 107 cm³/mol. The van der Waals surface area contributed by atoms with Crippen molar-refractivity contribution in [3.63, 3.8) is 0 Å². The molecule has 2 atom stereocenters. The van der Waals surface area contributed by atoms with E-state index >= 15 is 0 Å². The highest BCUT2D eigenvalue weighted by Gasteiger charge is 2.40. The molecule has 6 heteroatoms. The van der Waals surface area contributed by atoms with Gasteiger partial charge in [-0.15, -0.1) is 0 Å². The van der Waals surface area contributed by atoms with E-state index in [2.05, 4.69) is 23.1 Å². The zero-order chi connectivity index (χ0) is 19.7. The second kappa shape index (κ2) is 7.72. The number of carbonyl (C=O) groups excluding carboxylic acids is 1. The summed E-state index contributed by atoms with van der Waals surface area (Å²) in [5, 5.41) is 11.0. The number of hydrogen-bond acceptors (Lipinski definition) is 4. The summed E-state index contributed by atoms with van der Waals surface area (Å²) in [5.41, 5.74) is 3.25. The number of rotatable bonds is 5. The van der Waals surface area contributed by atoms with Crippen LogP contribution >= 0.6 is 0 Å². The van der Waals surface area contributed by atoms with Gasteiger partial charge < -0.3 is 4.90 Å². The number of nitrogens with zero attached hydrogens (tertiary/aromatic N) is 3. The molecule has 2 aliphatic rings. The molecule has 1 aliphatic carbocycles. The van der Waals surface area contributed by atoms with Crippen LogP contribution < -0.4 is 0 Å². The van der Waals surface area contributed by atoms with Crippen LogP contribution in [0.2, 0.25) is 0 Å². The molecule has 2 aromatic carbocycles. The summed E-state index contributed by atoms with van der Waals surface area (Å²) < 4.78 is 0. The summed E-state index contributed by atoms with van der Waals surface area (Å²) in [5.74, 6) is -0.00796. The van der Waals surface area contributed by atoms with Gasteiger partial charge in [-0.05, 0) is 49.0 Å². The van der Waals surface area contributed by atoms with Gasteiger partial charge in [0.15, 0.2) is 0 Å². The van der Waals surface area contributed by atoms with Gasteiger partial charge >= 0.3 is 0 Å². The van der Waals surface area contributed by atoms with Crippen LogP contribution in [0.15, 0.2) is 48.5 Å². The Balaban J connectivity index is 1.57. The number of amides is 1. The highest BCUT2D eigenvalue weighted by atomic mass is 16.6. The SMILES string of the molecule is CN(C(=O)Cc1cccc([N+](=O)[O-])c1)[C@H]1c2ccccc2C[C@@H]1N1CCCC1. The number of carbonyl (C=O) groups is 1. The van der Waals surface area contributed by atoms with Gasteiger partial charge in [-0.25, -0.2) is 0 Å². The number of likely N-dealkylation sites (tertiary alicyclic amines) is 1. The molecular weight excluding hydrogens is 354 g/mol. The van der Waals surface area contributed by atoms with Crippen LogP contribution in [-0.2, 0) is 17.6 Å². The van der Waals surface area contributed by atoms with Crippen LogP contribution in [-0.4, -0.2) is 46.8 Å². The second-order valence-electron chi connectivity index (χ2n) is 7.77. The van der Waals surface area contributed by atoms with Gasteiger partial charge in [-0.2, -0.15) is 0 Å². The van der Waals surface area contributed by atoms with Crippen molar-refractivity contribution < 1.29 is 9.72 Å². The summed E-state index contributed by atoms with van der Waals surface area (Å²) in [6.45, 7) is 2.17. The fourth-order valence-electron chi connectivity index (χ4n) is 4.66. The molecule has 1 amide bonds. The van der Waals surface area contributed by atoms with Crippen LogP contribution in [0.5, 0.6) is 0 Å². The quantitative estimate of drug-likeness (QED) is 0.590. The monoisotopic (exact) mass is 379 g/mol. The third-order valence-electron chi connectivity index (χ3n) is 6.06. The number of non-ortho nitro benzene ring substituents is 1. The Morgan fingerprint density at radius 1 is 1.18 bits per heavy atom. The molecule has 1 saturated heterocycles. The maximum Gasteiger partial charge on any atom is 0.269 e. The van der Waals surface area contributed by atoms with Crippen molar-refractivity contribution in [2.75, 3.05) is 20.1 Å². The summed E-state index contributed by atoms with van der Waals surface area (Å²) in [6, 6.07) is 15.1. The third-order valence-corrected chi connectivity index (χ3v) is 6.06. The minimum Gasteiger partial charge on any atom is -0.337 e. The van der Waals surface area contributed by atoms with Crippen LogP contribution in [0, 0.1) is 10.1 Å².